The van der Waals surface area contributed by atoms with Crippen LogP contribution in [0.5, 0.6) is 0 Å². The number of benzene rings is 1. The molecule has 2 heterocycles. The van der Waals surface area contributed by atoms with E-state index in [0.29, 0.717) is 23.4 Å². The van der Waals surface area contributed by atoms with E-state index >= 15 is 0 Å². The van der Waals surface area contributed by atoms with Crippen LogP contribution >= 0.6 is 0 Å². The zero-order valence-corrected chi connectivity index (χ0v) is 12.0. The minimum absolute atomic E-state index is 0.153. The standard InChI is InChI=1S/C17H16N2O2/c1-3-19(13-7-5-4-6-8-13)17(20)16-11-14-15(21-16)10-9-12(2)18-14/h4-11H,3H2,1-2H3. The lowest BCUT2D eigenvalue weighted by molar-refractivity contribution is 0.0964. The molecule has 1 amide bonds. The third kappa shape index (κ3) is 2.52. The Balaban J connectivity index is 1.98. The molecule has 0 spiro atoms. The minimum Gasteiger partial charge on any atom is -0.449 e. The van der Waals surface area contributed by atoms with E-state index in [9.17, 15) is 4.79 Å². The third-order valence-electron chi connectivity index (χ3n) is 3.35. The Morgan fingerprint density at radius 3 is 2.67 bits per heavy atom. The maximum absolute atomic E-state index is 12.6. The molecule has 0 aliphatic carbocycles. The number of hydrogen-bond donors (Lipinski definition) is 0. The van der Waals surface area contributed by atoms with Crippen molar-refractivity contribution in [1.82, 2.24) is 4.98 Å². The molecule has 0 saturated heterocycles. The molecule has 4 nitrogen and oxygen atoms in total. The Kier molecular flexibility index (Phi) is 3.44. The fourth-order valence-electron chi connectivity index (χ4n) is 2.32. The fourth-order valence-corrected chi connectivity index (χ4v) is 2.32. The summed E-state index contributed by atoms with van der Waals surface area (Å²) in [4.78, 5) is 18.7. The number of fused-ring (bicyclic) bond motifs is 1. The number of carbonyl (C=O) groups is 1. The summed E-state index contributed by atoms with van der Waals surface area (Å²) in [6.45, 7) is 4.43. The summed E-state index contributed by atoms with van der Waals surface area (Å²) in [5, 5.41) is 0. The monoisotopic (exact) mass is 280 g/mol. The quantitative estimate of drug-likeness (QED) is 0.733. The van der Waals surface area contributed by atoms with E-state index < -0.39 is 0 Å². The molecule has 4 heteroatoms. The van der Waals surface area contributed by atoms with Gasteiger partial charge in [-0.15, -0.1) is 0 Å². The highest BCUT2D eigenvalue weighted by Gasteiger charge is 2.20. The molecule has 1 aromatic carbocycles. The molecule has 3 rings (SSSR count). The molecule has 0 bridgehead atoms. The largest absolute Gasteiger partial charge is 0.449 e. The predicted molar refractivity (Wildman–Crippen MR) is 82.5 cm³/mol. The average molecular weight is 280 g/mol. The van der Waals surface area contributed by atoms with Gasteiger partial charge in [-0.1, -0.05) is 18.2 Å². The second-order valence-corrected chi connectivity index (χ2v) is 4.83. The molecular weight excluding hydrogens is 264 g/mol. The van der Waals surface area contributed by atoms with E-state index in [1.54, 1.807) is 11.0 Å². The summed E-state index contributed by atoms with van der Waals surface area (Å²) in [5.74, 6) is 0.160. The highest BCUT2D eigenvalue weighted by atomic mass is 16.3. The first-order valence-electron chi connectivity index (χ1n) is 6.93. The topological polar surface area (TPSA) is 46.3 Å². The highest BCUT2D eigenvalue weighted by molar-refractivity contribution is 6.05. The maximum Gasteiger partial charge on any atom is 0.294 e. The van der Waals surface area contributed by atoms with E-state index in [4.69, 9.17) is 4.42 Å². The van der Waals surface area contributed by atoms with Gasteiger partial charge in [0.25, 0.3) is 5.91 Å². The summed E-state index contributed by atoms with van der Waals surface area (Å²) in [5.41, 5.74) is 3.10. The van der Waals surface area contributed by atoms with Crippen molar-refractivity contribution in [2.45, 2.75) is 13.8 Å². The van der Waals surface area contributed by atoms with Crippen LogP contribution in [0.4, 0.5) is 5.69 Å². The molecule has 0 aliphatic heterocycles. The Bertz CT molecular complexity index is 778. The maximum atomic E-state index is 12.6. The molecule has 0 unspecified atom stereocenters. The van der Waals surface area contributed by atoms with Gasteiger partial charge in [-0.25, -0.2) is 4.98 Å². The van der Waals surface area contributed by atoms with Gasteiger partial charge in [0.15, 0.2) is 11.3 Å². The molecule has 2 aromatic heterocycles. The van der Waals surface area contributed by atoms with Gasteiger partial charge in [-0.2, -0.15) is 0 Å². The van der Waals surface area contributed by atoms with Crippen molar-refractivity contribution in [3.05, 3.63) is 60.0 Å². The Morgan fingerprint density at radius 2 is 1.95 bits per heavy atom. The van der Waals surface area contributed by atoms with Gasteiger partial charge < -0.3 is 9.32 Å². The summed E-state index contributed by atoms with van der Waals surface area (Å²) in [7, 11) is 0. The Hall–Kier alpha value is -2.62. The lowest BCUT2D eigenvalue weighted by Crippen LogP contribution is -2.30. The Labute approximate surface area is 123 Å². The number of carbonyl (C=O) groups excluding carboxylic acids is 1. The van der Waals surface area contributed by atoms with Crippen LogP contribution in [0, 0.1) is 6.92 Å². The van der Waals surface area contributed by atoms with Gasteiger partial charge in [0.1, 0.15) is 5.52 Å². The molecule has 0 radical (unpaired) electrons. The van der Waals surface area contributed by atoms with Gasteiger partial charge >= 0.3 is 0 Å². The van der Waals surface area contributed by atoms with Crippen LogP contribution in [-0.2, 0) is 0 Å². The van der Waals surface area contributed by atoms with E-state index in [-0.39, 0.29) is 5.91 Å². The fraction of sp³-hybridized carbons (Fsp3) is 0.176. The summed E-state index contributed by atoms with van der Waals surface area (Å²) >= 11 is 0. The van der Waals surface area contributed by atoms with Gasteiger partial charge in [0.05, 0.1) is 0 Å². The number of amides is 1. The van der Waals surface area contributed by atoms with Crippen molar-refractivity contribution in [2.75, 3.05) is 11.4 Å². The second-order valence-electron chi connectivity index (χ2n) is 4.83. The molecule has 106 valence electrons. The number of anilines is 1. The van der Waals surface area contributed by atoms with Crippen LogP contribution in [0.2, 0.25) is 0 Å². The molecular formula is C17H16N2O2. The number of furan rings is 1. The van der Waals surface area contributed by atoms with E-state index in [2.05, 4.69) is 4.98 Å². The van der Waals surface area contributed by atoms with Crippen LogP contribution in [0.3, 0.4) is 0 Å². The average Bonchev–Trinajstić information content (AvgIpc) is 2.92. The summed E-state index contributed by atoms with van der Waals surface area (Å²) < 4.78 is 5.64. The number of para-hydroxylation sites is 1. The first kappa shape index (κ1) is 13.4. The van der Waals surface area contributed by atoms with E-state index in [0.717, 1.165) is 11.4 Å². The first-order chi connectivity index (χ1) is 10.2. The number of hydrogen-bond acceptors (Lipinski definition) is 3. The van der Waals surface area contributed by atoms with Crippen molar-refractivity contribution in [3.63, 3.8) is 0 Å². The van der Waals surface area contributed by atoms with Crippen LogP contribution in [0.1, 0.15) is 23.2 Å². The zero-order valence-electron chi connectivity index (χ0n) is 12.0. The third-order valence-corrected chi connectivity index (χ3v) is 3.35. The lowest BCUT2D eigenvalue weighted by Gasteiger charge is -2.19. The smallest absolute Gasteiger partial charge is 0.294 e. The summed E-state index contributed by atoms with van der Waals surface area (Å²) in [6, 6.07) is 15.0. The van der Waals surface area contributed by atoms with E-state index in [1.165, 1.54) is 0 Å². The molecule has 21 heavy (non-hydrogen) atoms. The highest BCUT2D eigenvalue weighted by Crippen LogP contribution is 2.22. The van der Waals surface area contributed by atoms with Gasteiger partial charge in [0.2, 0.25) is 0 Å². The first-order valence-corrected chi connectivity index (χ1v) is 6.93. The molecule has 0 saturated carbocycles. The van der Waals surface area contributed by atoms with Crippen molar-refractivity contribution in [1.29, 1.82) is 0 Å². The zero-order chi connectivity index (χ0) is 14.8. The number of rotatable bonds is 3. The van der Waals surface area contributed by atoms with E-state index in [1.807, 2.05) is 56.3 Å². The Morgan fingerprint density at radius 1 is 1.19 bits per heavy atom. The molecule has 0 atom stereocenters. The molecule has 0 N–H and O–H groups in total. The molecule has 0 fully saturated rings. The number of nitrogens with zero attached hydrogens (tertiary/aromatic N) is 2. The lowest BCUT2D eigenvalue weighted by atomic mass is 10.2. The molecule has 3 aromatic rings. The molecule has 0 aliphatic rings. The van der Waals surface area contributed by atoms with Gasteiger partial charge in [-0.3, -0.25) is 4.79 Å². The van der Waals surface area contributed by atoms with Crippen LogP contribution in [0.15, 0.2) is 52.9 Å². The van der Waals surface area contributed by atoms with Crippen molar-refractivity contribution >= 4 is 22.7 Å². The van der Waals surface area contributed by atoms with Crippen molar-refractivity contribution in [2.24, 2.45) is 0 Å². The van der Waals surface area contributed by atoms with Crippen LogP contribution < -0.4 is 4.90 Å². The SMILES string of the molecule is CCN(C(=O)c1cc2nc(C)ccc2o1)c1ccccc1. The predicted octanol–water partition coefficient (Wildman–Crippen LogP) is 3.80. The normalized spacial score (nSPS) is 10.8. The number of pyridine rings is 1. The second kappa shape index (κ2) is 5.40. The minimum atomic E-state index is -0.153. The van der Waals surface area contributed by atoms with Gasteiger partial charge in [0, 0.05) is 24.0 Å². The van der Waals surface area contributed by atoms with Crippen LogP contribution in [0.25, 0.3) is 11.1 Å². The van der Waals surface area contributed by atoms with Crippen molar-refractivity contribution in [3.8, 4) is 0 Å². The van der Waals surface area contributed by atoms with Gasteiger partial charge in [-0.05, 0) is 38.1 Å². The summed E-state index contributed by atoms with van der Waals surface area (Å²) in [6.07, 6.45) is 0. The number of aromatic nitrogens is 1. The number of aryl methyl sites for hydroxylation is 1. The van der Waals surface area contributed by atoms with Crippen molar-refractivity contribution < 1.29 is 9.21 Å². The van der Waals surface area contributed by atoms with Crippen LogP contribution in [-0.4, -0.2) is 17.4 Å².